The van der Waals surface area contributed by atoms with E-state index in [0.717, 1.165) is 32.1 Å². The Hall–Kier alpha value is -4.14. The predicted octanol–water partition coefficient (Wildman–Crippen LogP) is 4.03. The van der Waals surface area contributed by atoms with E-state index in [1.54, 1.807) is 42.5 Å². The Morgan fingerprint density at radius 1 is 0.972 bits per heavy atom. The van der Waals surface area contributed by atoms with Crippen molar-refractivity contribution in [3.05, 3.63) is 78.1 Å². The van der Waals surface area contributed by atoms with Gasteiger partial charge < -0.3 is 19.5 Å². The van der Waals surface area contributed by atoms with Crippen molar-refractivity contribution in [1.29, 1.82) is 0 Å². The van der Waals surface area contributed by atoms with Gasteiger partial charge in [0.05, 0.1) is 19.1 Å². The number of nitrogens with zero attached hydrogens (tertiary/aromatic N) is 1. The molecule has 188 valence electrons. The van der Waals surface area contributed by atoms with Gasteiger partial charge in [-0.1, -0.05) is 31.4 Å². The number of rotatable bonds is 9. The van der Waals surface area contributed by atoms with Crippen LogP contribution in [0.2, 0.25) is 0 Å². The van der Waals surface area contributed by atoms with E-state index in [2.05, 4.69) is 10.6 Å². The smallest absolute Gasteiger partial charge is 0.287 e. The van der Waals surface area contributed by atoms with Crippen molar-refractivity contribution < 1.29 is 28.0 Å². The zero-order valence-electron chi connectivity index (χ0n) is 20.1. The van der Waals surface area contributed by atoms with Gasteiger partial charge in [0.25, 0.3) is 11.8 Å². The molecule has 2 N–H and O–H groups in total. The van der Waals surface area contributed by atoms with Gasteiger partial charge in [0.2, 0.25) is 5.91 Å². The summed E-state index contributed by atoms with van der Waals surface area (Å²) in [5.41, 5.74) is 0.718. The fraction of sp³-hybridized carbons (Fsp3) is 0.333. The number of furan rings is 2. The van der Waals surface area contributed by atoms with Crippen molar-refractivity contribution in [2.75, 3.05) is 11.4 Å². The minimum absolute atomic E-state index is 0.00266. The van der Waals surface area contributed by atoms with Crippen molar-refractivity contribution in [3.63, 3.8) is 0 Å². The molecular formula is C27H29N3O6. The molecule has 3 amide bonds. The predicted molar refractivity (Wildman–Crippen MR) is 131 cm³/mol. The maximum atomic E-state index is 13.6. The van der Waals surface area contributed by atoms with E-state index in [0.29, 0.717) is 11.3 Å². The van der Waals surface area contributed by atoms with Crippen LogP contribution in [-0.4, -0.2) is 36.1 Å². The van der Waals surface area contributed by atoms with Crippen molar-refractivity contribution >= 4 is 29.2 Å². The van der Waals surface area contributed by atoms with E-state index >= 15 is 0 Å². The maximum Gasteiger partial charge on any atom is 0.287 e. The molecule has 1 aliphatic rings. The molecule has 1 aliphatic carbocycles. The van der Waals surface area contributed by atoms with Gasteiger partial charge in [-0.05, 0) is 56.2 Å². The molecular weight excluding hydrogens is 462 g/mol. The summed E-state index contributed by atoms with van der Waals surface area (Å²) in [6, 6.07) is 11.7. The number of carbonyl (C=O) groups excluding carboxylic acids is 4. The second-order valence-corrected chi connectivity index (χ2v) is 8.79. The number of nitrogens with one attached hydrogen (secondary N) is 2. The van der Waals surface area contributed by atoms with Crippen LogP contribution in [0.3, 0.4) is 0 Å². The van der Waals surface area contributed by atoms with Crippen LogP contribution in [0.15, 0.2) is 69.9 Å². The average Bonchev–Trinajstić information content (AvgIpc) is 3.61. The monoisotopic (exact) mass is 491 g/mol. The van der Waals surface area contributed by atoms with E-state index in [4.69, 9.17) is 8.83 Å². The van der Waals surface area contributed by atoms with Gasteiger partial charge in [-0.15, -0.1) is 0 Å². The summed E-state index contributed by atoms with van der Waals surface area (Å²) in [6.07, 6.45) is 7.71. The fourth-order valence-electron chi connectivity index (χ4n) is 4.40. The fourth-order valence-corrected chi connectivity index (χ4v) is 4.40. The van der Waals surface area contributed by atoms with E-state index in [1.807, 2.05) is 0 Å². The lowest BCUT2D eigenvalue weighted by atomic mass is 9.95. The first kappa shape index (κ1) is 25.0. The number of anilines is 1. The first-order valence-electron chi connectivity index (χ1n) is 12.0. The number of carbonyl (C=O) groups is 4. The van der Waals surface area contributed by atoms with Crippen LogP contribution < -0.4 is 15.5 Å². The SMILES string of the molecule is CC(=O)c1cccc(N(C(=O)CNC(=O)c2ccco2)[C@H](C(=O)NC2CCCCC2)c2ccco2)c1. The van der Waals surface area contributed by atoms with Crippen LogP contribution in [0.1, 0.15) is 71.7 Å². The summed E-state index contributed by atoms with van der Waals surface area (Å²) >= 11 is 0. The summed E-state index contributed by atoms with van der Waals surface area (Å²) in [5.74, 6) is -1.37. The topological polar surface area (TPSA) is 122 Å². The Labute approximate surface area is 208 Å². The molecule has 0 spiro atoms. The molecule has 1 fully saturated rings. The summed E-state index contributed by atoms with van der Waals surface area (Å²) in [7, 11) is 0. The molecule has 0 saturated heterocycles. The molecule has 3 aromatic rings. The zero-order valence-corrected chi connectivity index (χ0v) is 20.1. The van der Waals surface area contributed by atoms with Crippen LogP contribution in [0.5, 0.6) is 0 Å². The Morgan fingerprint density at radius 3 is 2.39 bits per heavy atom. The molecule has 2 heterocycles. The van der Waals surface area contributed by atoms with Gasteiger partial charge in [-0.25, -0.2) is 0 Å². The van der Waals surface area contributed by atoms with E-state index in [-0.39, 0.29) is 23.3 Å². The number of amides is 3. The number of hydrogen-bond acceptors (Lipinski definition) is 6. The lowest BCUT2D eigenvalue weighted by molar-refractivity contribution is -0.127. The molecule has 9 heteroatoms. The summed E-state index contributed by atoms with van der Waals surface area (Å²) < 4.78 is 10.7. The van der Waals surface area contributed by atoms with E-state index < -0.39 is 30.3 Å². The third kappa shape index (κ3) is 5.91. The van der Waals surface area contributed by atoms with Crippen LogP contribution in [0.4, 0.5) is 5.69 Å². The third-order valence-electron chi connectivity index (χ3n) is 6.22. The highest BCUT2D eigenvalue weighted by atomic mass is 16.3. The molecule has 36 heavy (non-hydrogen) atoms. The van der Waals surface area contributed by atoms with Crippen LogP contribution >= 0.6 is 0 Å². The summed E-state index contributed by atoms with van der Waals surface area (Å²) in [5, 5.41) is 5.61. The molecule has 0 aliphatic heterocycles. The molecule has 1 aromatic carbocycles. The lowest BCUT2D eigenvalue weighted by Crippen LogP contribution is -2.49. The first-order chi connectivity index (χ1) is 17.4. The van der Waals surface area contributed by atoms with Gasteiger partial charge >= 0.3 is 0 Å². The molecule has 2 aromatic heterocycles. The summed E-state index contributed by atoms with van der Waals surface area (Å²) in [4.78, 5) is 53.0. The second-order valence-electron chi connectivity index (χ2n) is 8.79. The van der Waals surface area contributed by atoms with Gasteiger partial charge in [0, 0.05) is 17.3 Å². The van der Waals surface area contributed by atoms with Crippen molar-refractivity contribution in [2.45, 2.75) is 51.1 Å². The quantitative estimate of drug-likeness (QED) is 0.436. The Morgan fingerprint density at radius 2 is 1.72 bits per heavy atom. The highest BCUT2D eigenvalue weighted by molar-refractivity contribution is 6.05. The standard InChI is InChI=1S/C27H29N3O6/c1-18(31)19-8-5-11-21(16-19)30(24(32)17-28-26(33)23-13-7-15-36-23)25(22-12-6-14-35-22)27(34)29-20-9-3-2-4-10-20/h5-8,11-16,20,25H,2-4,9-10,17H2,1H3,(H,28,33)(H,29,34)/t25-/m0/s1. The largest absolute Gasteiger partial charge is 0.467 e. The maximum absolute atomic E-state index is 13.6. The Balaban J connectivity index is 1.67. The molecule has 1 atom stereocenters. The lowest BCUT2D eigenvalue weighted by Gasteiger charge is -2.32. The van der Waals surface area contributed by atoms with Crippen LogP contribution in [0, 0.1) is 0 Å². The molecule has 0 bridgehead atoms. The van der Waals surface area contributed by atoms with Gasteiger partial charge in [-0.2, -0.15) is 0 Å². The van der Waals surface area contributed by atoms with Gasteiger partial charge in [0.1, 0.15) is 5.76 Å². The molecule has 4 rings (SSSR count). The molecule has 1 saturated carbocycles. The highest BCUT2D eigenvalue weighted by Gasteiger charge is 2.36. The second kappa shape index (κ2) is 11.5. The number of benzene rings is 1. The third-order valence-corrected chi connectivity index (χ3v) is 6.22. The van der Waals surface area contributed by atoms with E-state index in [1.165, 1.54) is 30.4 Å². The highest BCUT2D eigenvalue weighted by Crippen LogP contribution is 2.30. The van der Waals surface area contributed by atoms with Crippen molar-refractivity contribution in [1.82, 2.24) is 10.6 Å². The van der Waals surface area contributed by atoms with Crippen molar-refractivity contribution in [3.8, 4) is 0 Å². The minimum atomic E-state index is -1.14. The molecule has 0 radical (unpaired) electrons. The van der Waals surface area contributed by atoms with Gasteiger partial charge in [0.15, 0.2) is 17.6 Å². The minimum Gasteiger partial charge on any atom is -0.467 e. The number of hydrogen-bond donors (Lipinski definition) is 2. The molecule has 9 nitrogen and oxygen atoms in total. The number of Topliss-reactive ketones (excluding diaryl/α,β-unsaturated/α-hetero) is 1. The van der Waals surface area contributed by atoms with Crippen LogP contribution in [-0.2, 0) is 9.59 Å². The number of ketones is 1. The van der Waals surface area contributed by atoms with Crippen LogP contribution in [0.25, 0.3) is 0 Å². The normalized spacial score (nSPS) is 14.6. The zero-order chi connectivity index (χ0) is 25.5. The Bertz CT molecular complexity index is 1200. The average molecular weight is 492 g/mol. The molecule has 0 unspecified atom stereocenters. The van der Waals surface area contributed by atoms with Crippen molar-refractivity contribution in [2.24, 2.45) is 0 Å². The Kier molecular flexibility index (Phi) is 7.99. The first-order valence-corrected chi connectivity index (χ1v) is 12.0. The van der Waals surface area contributed by atoms with E-state index in [9.17, 15) is 19.2 Å². The van der Waals surface area contributed by atoms with Gasteiger partial charge in [-0.3, -0.25) is 24.1 Å². The summed E-state index contributed by atoms with van der Waals surface area (Å²) in [6.45, 7) is 1.02.